The quantitative estimate of drug-likeness (QED) is 0.438. The van der Waals surface area contributed by atoms with Gasteiger partial charge in [-0.1, -0.05) is 53.7 Å². The van der Waals surface area contributed by atoms with Crippen molar-refractivity contribution in [3.8, 4) is 0 Å². The fourth-order valence-corrected chi connectivity index (χ4v) is 8.57. The second-order valence-corrected chi connectivity index (χ2v) is 12.2. The highest BCUT2D eigenvalue weighted by Gasteiger charge is 2.60. The average molecular weight is 425 g/mol. The van der Waals surface area contributed by atoms with Gasteiger partial charge in [-0.3, -0.25) is 9.59 Å². The molecule has 0 aromatic heterocycles. The van der Waals surface area contributed by atoms with Crippen LogP contribution in [0.2, 0.25) is 0 Å². The monoisotopic (exact) mass is 424 g/mol. The van der Waals surface area contributed by atoms with E-state index in [1.54, 1.807) is 6.08 Å². The Morgan fingerprint density at radius 2 is 1.77 bits per heavy atom. The first-order valence-electron chi connectivity index (χ1n) is 13.1. The number of carbonyl (C=O) groups excluding carboxylic acids is 2. The minimum atomic E-state index is -0.0650. The molecule has 8 atom stereocenters. The highest BCUT2D eigenvalue weighted by atomic mass is 16.1. The van der Waals surface area contributed by atoms with Crippen LogP contribution in [-0.2, 0) is 9.59 Å². The molecule has 0 aromatic carbocycles. The van der Waals surface area contributed by atoms with Gasteiger partial charge in [0.2, 0.25) is 0 Å². The Morgan fingerprint density at radius 1 is 1.03 bits per heavy atom. The van der Waals surface area contributed by atoms with Crippen molar-refractivity contribution in [2.45, 2.75) is 92.9 Å². The molecule has 4 aliphatic rings. The van der Waals surface area contributed by atoms with Crippen molar-refractivity contribution < 1.29 is 9.59 Å². The molecule has 0 bridgehead atoms. The fourth-order valence-electron chi connectivity index (χ4n) is 8.57. The van der Waals surface area contributed by atoms with Gasteiger partial charge in [-0.15, -0.1) is 0 Å². The number of ketones is 2. The lowest BCUT2D eigenvalue weighted by molar-refractivity contribution is -0.131. The summed E-state index contributed by atoms with van der Waals surface area (Å²) in [6, 6.07) is 0. The number of hydrogen-bond donors (Lipinski definition) is 0. The molecule has 2 heteroatoms. The normalized spacial score (nSPS) is 42.2. The SMILES string of the molecule is CCC(C=CC(C)C1CCC2C3CC(=O)C4=CC(=O)CCC4(C)C3CCC12C)C(C)C. The summed E-state index contributed by atoms with van der Waals surface area (Å²) in [6.07, 6.45) is 15.2. The maximum Gasteiger partial charge on any atom is 0.159 e. The third-order valence-electron chi connectivity index (χ3n) is 10.5. The van der Waals surface area contributed by atoms with Crippen LogP contribution in [0.1, 0.15) is 92.9 Å². The van der Waals surface area contributed by atoms with Crippen LogP contribution in [0.4, 0.5) is 0 Å². The maximum atomic E-state index is 13.2. The first-order valence-corrected chi connectivity index (χ1v) is 13.1. The second kappa shape index (κ2) is 8.31. The molecule has 8 unspecified atom stereocenters. The summed E-state index contributed by atoms with van der Waals surface area (Å²) < 4.78 is 0. The third-order valence-corrected chi connectivity index (χ3v) is 10.5. The standard InChI is InChI=1S/C29H44O2/c1-7-20(18(2)3)9-8-19(4)23-10-11-24-22-17-27(31)26-16-21(30)12-14-29(26,6)25(22)13-15-28(23,24)5/h8-9,16,18-20,22-25H,7,10-15,17H2,1-6H3. The molecule has 4 rings (SSSR count). The Balaban J connectivity index is 1.56. The molecule has 31 heavy (non-hydrogen) atoms. The Kier molecular flexibility index (Phi) is 6.16. The van der Waals surface area contributed by atoms with Crippen LogP contribution in [0.3, 0.4) is 0 Å². The topological polar surface area (TPSA) is 34.1 Å². The Labute approximate surface area is 190 Å². The van der Waals surface area contributed by atoms with Gasteiger partial charge < -0.3 is 0 Å². The summed E-state index contributed by atoms with van der Waals surface area (Å²) in [7, 11) is 0. The molecular formula is C29H44O2. The first kappa shape index (κ1) is 23.0. The van der Waals surface area contributed by atoms with Gasteiger partial charge in [-0.25, -0.2) is 0 Å². The van der Waals surface area contributed by atoms with Gasteiger partial charge in [-0.2, -0.15) is 0 Å². The van der Waals surface area contributed by atoms with E-state index in [1.165, 1.54) is 32.1 Å². The van der Waals surface area contributed by atoms with Gasteiger partial charge in [-0.05, 0) is 96.9 Å². The number of hydrogen-bond acceptors (Lipinski definition) is 2. The molecule has 3 saturated carbocycles. The van der Waals surface area contributed by atoms with Crippen molar-refractivity contribution in [3.05, 3.63) is 23.8 Å². The van der Waals surface area contributed by atoms with Crippen molar-refractivity contribution in [2.75, 3.05) is 0 Å². The van der Waals surface area contributed by atoms with Gasteiger partial charge in [0.05, 0.1) is 0 Å². The van der Waals surface area contributed by atoms with Crippen LogP contribution < -0.4 is 0 Å². The lowest BCUT2D eigenvalue weighted by atomic mass is 9.46. The molecule has 0 N–H and O–H groups in total. The van der Waals surface area contributed by atoms with Crippen molar-refractivity contribution in [1.82, 2.24) is 0 Å². The summed E-state index contributed by atoms with van der Waals surface area (Å²) in [5.74, 6) is 4.92. The van der Waals surface area contributed by atoms with E-state index in [0.29, 0.717) is 53.8 Å². The van der Waals surface area contributed by atoms with Crippen LogP contribution in [0.15, 0.2) is 23.8 Å². The lowest BCUT2D eigenvalue weighted by Gasteiger charge is -2.57. The van der Waals surface area contributed by atoms with E-state index in [0.717, 1.165) is 17.9 Å². The molecule has 0 heterocycles. The van der Waals surface area contributed by atoms with Gasteiger partial charge >= 0.3 is 0 Å². The Bertz CT molecular complexity index is 789. The van der Waals surface area contributed by atoms with Gasteiger partial charge in [0.25, 0.3) is 0 Å². The maximum absolute atomic E-state index is 13.2. The summed E-state index contributed by atoms with van der Waals surface area (Å²) in [5.41, 5.74) is 1.16. The summed E-state index contributed by atoms with van der Waals surface area (Å²) >= 11 is 0. The predicted octanol–water partition coefficient (Wildman–Crippen LogP) is 7.19. The molecular weight excluding hydrogens is 380 g/mol. The summed E-state index contributed by atoms with van der Waals surface area (Å²) in [5, 5.41) is 0. The zero-order chi connectivity index (χ0) is 22.6. The van der Waals surface area contributed by atoms with E-state index >= 15 is 0 Å². The largest absolute Gasteiger partial charge is 0.295 e. The predicted molar refractivity (Wildman–Crippen MR) is 128 cm³/mol. The van der Waals surface area contributed by atoms with E-state index in [1.807, 2.05) is 0 Å². The molecule has 2 nitrogen and oxygen atoms in total. The fraction of sp³-hybridized carbons (Fsp3) is 0.793. The number of fused-ring (bicyclic) bond motifs is 5. The third kappa shape index (κ3) is 3.70. The van der Waals surface area contributed by atoms with Crippen molar-refractivity contribution >= 4 is 11.6 Å². The Morgan fingerprint density at radius 3 is 2.45 bits per heavy atom. The number of allylic oxidation sites excluding steroid dienone is 3. The summed E-state index contributed by atoms with van der Waals surface area (Å²) in [6.45, 7) is 14.3. The van der Waals surface area contributed by atoms with Gasteiger partial charge in [0.15, 0.2) is 11.6 Å². The minimum absolute atomic E-state index is 0.0650. The van der Waals surface area contributed by atoms with Crippen LogP contribution in [0, 0.1) is 52.3 Å². The van der Waals surface area contributed by atoms with Crippen LogP contribution in [0.5, 0.6) is 0 Å². The number of carbonyl (C=O) groups is 2. The molecule has 4 aliphatic carbocycles. The molecule has 0 amide bonds. The molecule has 0 aliphatic heterocycles. The van der Waals surface area contributed by atoms with E-state index < -0.39 is 0 Å². The molecule has 0 spiro atoms. The highest BCUT2D eigenvalue weighted by Crippen LogP contribution is 2.67. The number of rotatable bonds is 5. The second-order valence-electron chi connectivity index (χ2n) is 12.2. The van der Waals surface area contributed by atoms with Crippen LogP contribution in [-0.4, -0.2) is 11.6 Å². The van der Waals surface area contributed by atoms with Gasteiger partial charge in [0.1, 0.15) is 0 Å². The minimum Gasteiger partial charge on any atom is -0.295 e. The van der Waals surface area contributed by atoms with E-state index in [4.69, 9.17) is 0 Å². The number of Topliss-reactive ketones (excluding diaryl/α,β-unsaturated/α-hetero) is 1. The van der Waals surface area contributed by atoms with Crippen molar-refractivity contribution in [2.24, 2.45) is 52.3 Å². The van der Waals surface area contributed by atoms with Crippen molar-refractivity contribution in [1.29, 1.82) is 0 Å². The molecule has 0 saturated heterocycles. The molecule has 0 radical (unpaired) electrons. The van der Waals surface area contributed by atoms with E-state index in [2.05, 4.69) is 53.7 Å². The van der Waals surface area contributed by atoms with Crippen molar-refractivity contribution in [3.63, 3.8) is 0 Å². The molecule has 3 fully saturated rings. The van der Waals surface area contributed by atoms with Gasteiger partial charge in [0, 0.05) is 18.4 Å². The van der Waals surface area contributed by atoms with E-state index in [9.17, 15) is 9.59 Å². The van der Waals surface area contributed by atoms with Crippen LogP contribution in [0.25, 0.3) is 0 Å². The summed E-state index contributed by atoms with van der Waals surface area (Å²) in [4.78, 5) is 25.2. The average Bonchev–Trinajstić information content (AvgIpc) is 3.07. The highest BCUT2D eigenvalue weighted by molar-refractivity contribution is 6.05. The molecule has 0 aromatic rings. The van der Waals surface area contributed by atoms with Crippen LogP contribution >= 0.6 is 0 Å². The zero-order valence-electron chi connectivity index (χ0n) is 20.7. The lowest BCUT2D eigenvalue weighted by Crippen LogP contribution is -2.53. The zero-order valence-corrected chi connectivity index (χ0v) is 20.7. The van der Waals surface area contributed by atoms with E-state index in [-0.39, 0.29) is 17.0 Å². The molecule has 172 valence electrons. The Hall–Kier alpha value is -1.18. The smallest absolute Gasteiger partial charge is 0.159 e. The first-order chi connectivity index (χ1) is 14.6.